The Labute approximate surface area is 169 Å². The predicted molar refractivity (Wildman–Crippen MR) is 112 cm³/mol. The van der Waals surface area contributed by atoms with Crippen LogP contribution in [0.3, 0.4) is 0 Å². The van der Waals surface area contributed by atoms with Gasteiger partial charge in [-0.15, -0.1) is 0 Å². The molecule has 0 heterocycles. The van der Waals surface area contributed by atoms with Crippen LogP contribution in [-0.2, 0) is 16.2 Å². The fourth-order valence-electron chi connectivity index (χ4n) is 2.53. The number of hydrogen-bond acceptors (Lipinski definition) is 5. The first-order valence-electron chi connectivity index (χ1n) is 9.09. The van der Waals surface area contributed by atoms with Gasteiger partial charge in [0.05, 0.1) is 13.3 Å². The molecule has 0 unspecified atom stereocenters. The highest BCUT2D eigenvalue weighted by molar-refractivity contribution is 5.91. The van der Waals surface area contributed by atoms with Crippen molar-refractivity contribution in [2.45, 2.75) is 6.61 Å². The van der Waals surface area contributed by atoms with Crippen molar-refractivity contribution in [3.8, 4) is 11.5 Å². The molecule has 0 aliphatic carbocycles. The molecule has 0 fully saturated rings. The highest BCUT2D eigenvalue weighted by Gasteiger charge is 2.06. The fraction of sp³-hybridized carbons (Fsp3) is 0.130. The largest absolute Gasteiger partial charge is 0.493 e. The van der Waals surface area contributed by atoms with Crippen LogP contribution in [0.2, 0.25) is 0 Å². The van der Waals surface area contributed by atoms with Crippen molar-refractivity contribution in [1.29, 1.82) is 0 Å². The zero-order valence-electron chi connectivity index (χ0n) is 16.1. The number of oxime groups is 1. The fourth-order valence-corrected chi connectivity index (χ4v) is 2.53. The summed E-state index contributed by atoms with van der Waals surface area (Å²) in [5.41, 5.74) is 2.54. The van der Waals surface area contributed by atoms with Gasteiger partial charge in [0.15, 0.2) is 18.1 Å². The van der Waals surface area contributed by atoms with Gasteiger partial charge in [0.1, 0.15) is 6.61 Å². The molecular formula is C23H22N2O4. The summed E-state index contributed by atoms with van der Waals surface area (Å²) >= 11 is 0. The number of carbonyl (C=O) groups is 1. The van der Waals surface area contributed by atoms with Crippen LogP contribution in [0.5, 0.6) is 11.5 Å². The SMILES string of the molecule is COc1cc(/C=N\OCC(=O)Nc2ccccc2)ccc1OCc1ccccc1. The van der Waals surface area contributed by atoms with E-state index in [4.69, 9.17) is 14.3 Å². The smallest absolute Gasteiger partial charge is 0.265 e. The Hall–Kier alpha value is -3.80. The normalized spacial score (nSPS) is 10.5. The van der Waals surface area contributed by atoms with E-state index >= 15 is 0 Å². The van der Waals surface area contributed by atoms with Crippen molar-refractivity contribution in [3.63, 3.8) is 0 Å². The molecule has 1 amide bonds. The van der Waals surface area contributed by atoms with Gasteiger partial charge in [-0.2, -0.15) is 0 Å². The van der Waals surface area contributed by atoms with Crippen molar-refractivity contribution in [2.24, 2.45) is 5.16 Å². The number of amides is 1. The molecule has 1 N–H and O–H groups in total. The van der Waals surface area contributed by atoms with E-state index in [0.29, 0.717) is 23.8 Å². The number of nitrogens with one attached hydrogen (secondary N) is 1. The second-order valence-electron chi connectivity index (χ2n) is 6.11. The maximum Gasteiger partial charge on any atom is 0.265 e. The third-order valence-electron chi connectivity index (χ3n) is 3.95. The van der Waals surface area contributed by atoms with Gasteiger partial charge in [0.25, 0.3) is 5.91 Å². The van der Waals surface area contributed by atoms with Crippen LogP contribution in [0.4, 0.5) is 5.69 Å². The molecule has 6 nitrogen and oxygen atoms in total. The zero-order chi connectivity index (χ0) is 20.3. The van der Waals surface area contributed by atoms with Crippen molar-refractivity contribution in [2.75, 3.05) is 19.0 Å². The first kappa shape index (κ1) is 19.9. The van der Waals surface area contributed by atoms with Gasteiger partial charge in [0, 0.05) is 11.3 Å². The second kappa shape index (κ2) is 10.5. The number of ether oxygens (including phenoxy) is 2. The molecule has 3 aromatic rings. The van der Waals surface area contributed by atoms with Crippen molar-refractivity contribution in [1.82, 2.24) is 0 Å². The molecule has 0 aromatic heterocycles. The van der Waals surface area contributed by atoms with Crippen molar-refractivity contribution in [3.05, 3.63) is 90.0 Å². The van der Waals surface area contributed by atoms with E-state index in [-0.39, 0.29) is 12.5 Å². The van der Waals surface area contributed by atoms with E-state index in [0.717, 1.165) is 11.1 Å². The van der Waals surface area contributed by atoms with Crippen LogP contribution in [0.15, 0.2) is 84.0 Å². The Morgan fingerprint density at radius 1 is 0.966 bits per heavy atom. The van der Waals surface area contributed by atoms with E-state index in [9.17, 15) is 4.79 Å². The van der Waals surface area contributed by atoms with Crippen LogP contribution in [0, 0.1) is 0 Å². The number of carbonyl (C=O) groups excluding carboxylic acids is 1. The molecule has 3 aromatic carbocycles. The topological polar surface area (TPSA) is 69.2 Å². The van der Waals surface area contributed by atoms with Gasteiger partial charge in [-0.25, -0.2) is 0 Å². The average molecular weight is 390 g/mol. The Morgan fingerprint density at radius 3 is 2.41 bits per heavy atom. The van der Waals surface area contributed by atoms with E-state index in [1.165, 1.54) is 6.21 Å². The van der Waals surface area contributed by atoms with E-state index in [1.807, 2.05) is 60.7 Å². The Balaban J connectivity index is 1.50. The number of anilines is 1. The lowest BCUT2D eigenvalue weighted by atomic mass is 10.2. The van der Waals surface area contributed by atoms with E-state index in [2.05, 4.69) is 10.5 Å². The third-order valence-corrected chi connectivity index (χ3v) is 3.95. The standard InChI is InChI=1S/C23H22N2O4/c1-27-22-14-19(12-13-21(22)28-16-18-8-4-2-5-9-18)15-24-29-17-23(26)25-20-10-6-3-7-11-20/h2-15H,16-17H2,1H3,(H,25,26)/b24-15-. The molecular weight excluding hydrogens is 368 g/mol. The predicted octanol–water partition coefficient (Wildman–Crippen LogP) is 4.26. The summed E-state index contributed by atoms with van der Waals surface area (Å²) < 4.78 is 11.2. The summed E-state index contributed by atoms with van der Waals surface area (Å²) in [5.74, 6) is 0.943. The first-order chi connectivity index (χ1) is 14.2. The number of methoxy groups -OCH3 is 1. The molecule has 3 rings (SSSR count). The van der Waals surface area contributed by atoms with Crippen molar-refractivity contribution >= 4 is 17.8 Å². The second-order valence-corrected chi connectivity index (χ2v) is 6.11. The summed E-state index contributed by atoms with van der Waals surface area (Å²) in [6.07, 6.45) is 1.51. The summed E-state index contributed by atoms with van der Waals surface area (Å²) in [6.45, 7) is 0.269. The highest BCUT2D eigenvalue weighted by Crippen LogP contribution is 2.28. The van der Waals surface area contributed by atoms with E-state index < -0.39 is 0 Å². The molecule has 0 saturated carbocycles. The highest BCUT2D eigenvalue weighted by atomic mass is 16.6. The average Bonchev–Trinajstić information content (AvgIpc) is 2.77. The lowest BCUT2D eigenvalue weighted by Crippen LogP contribution is -2.16. The minimum atomic E-state index is -0.282. The molecule has 6 heteroatoms. The van der Waals surface area contributed by atoms with Crippen molar-refractivity contribution < 1.29 is 19.1 Å². The molecule has 0 radical (unpaired) electrons. The number of benzene rings is 3. The molecule has 0 spiro atoms. The maximum absolute atomic E-state index is 11.8. The zero-order valence-corrected chi connectivity index (χ0v) is 16.1. The van der Waals surface area contributed by atoms with E-state index in [1.54, 1.807) is 25.3 Å². The maximum atomic E-state index is 11.8. The van der Waals surface area contributed by atoms with Crippen LogP contribution >= 0.6 is 0 Å². The lowest BCUT2D eigenvalue weighted by molar-refractivity contribution is -0.120. The molecule has 0 aliphatic heterocycles. The summed E-state index contributed by atoms with van der Waals surface area (Å²) in [4.78, 5) is 16.9. The summed E-state index contributed by atoms with van der Waals surface area (Å²) in [7, 11) is 1.58. The van der Waals surface area contributed by atoms with Crippen LogP contribution in [0.25, 0.3) is 0 Å². The number of para-hydroxylation sites is 1. The van der Waals surface area contributed by atoms with Crippen LogP contribution < -0.4 is 14.8 Å². The minimum Gasteiger partial charge on any atom is -0.493 e. The van der Waals surface area contributed by atoms with Gasteiger partial charge in [-0.1, -0.05) is 53.7 Å². The van der Waals surface area contributed by atoms with Gasteiger partial charge < -0.3 is 19.6 Å². The molecule has 0 bridgehead atoms. The Bertz CT molecular complexity index is 944. The number of hydrogen-bond donors (Lipinski definition) is 1. The molecule has 148 valence electrons. The molecule has 29 heavy (non-hydrogen) atoms. The number of nitrogens with zero attached hydrogens (tertiary/aromatic N) is 1. The summed E-state index contributed by atoms with van der Waals surface area (Å²) in [6, 6.07) is 24.5. The molecule has 0 saturated heterocycles. The van der Waals surface area contributed by atoms with Gasteiger partial charge >= 0.3 is 0 Å². The summed E-state index contributed by atoms with van der Waals surface area (Å²) in [5, 5.41) is 6.56. The van der Waals surface area contributed by atoms with Gasteiger partial charge in [0.2, 0.25) is 0 Å². The van der Waals surface area contributed by atoms with Crippen LogP contribution in [0.1, 0.15) is 11.1 Å². The first-order valence-corrected chi connectivity index (χ1v) is 9.09. The Kier molecular flexibility index (Phi) is 7.23. The van der Waals surface area contributed by atoms with Crippen LogP contribution in [-0.4, -0.2) is 25.8 Å². The van der Waals surface area contributed by atoms with Gasteiger partial charge in [-0.05, 0) is 35.9 Å². The quantitative estimate of drug-likeness (QED) is 0.438. The minimum absolute atomic E-state index is 0.180. The molecule has 0 atom stereocenters. The van der Waals surface area contributed by atoms with Gasteiger partial charge in [-0.3, -0.25) is 4.79 Å². The monoisotopic (exact) mass is 390 g/mol. The molecule has 0 aliphatic rings. The Morgan fingerprint density at radius 2 is 1.69 bits per heavy atom. The number of rotatable bonds is 9. The lowest BCUT2D eigenvalue weighted by Gasteiger charge is -2.11. The third kappa shape index (κ3) is 6.39.